The molecule has 0 amide bonds. The molecule has 0 atom stereocenters. The van der Waals surface area contributed by atoms with Crippen LogP contribution in [-0.4, -0.2) is 21.1 Å². The standard InChI is InChI=1S/C16H18N4/c1-12-11-20(2)16(19-12)18-10-8-14-6-3-5-13-7-4-9-17-15(13)14/h3-7,9,11H,8,10H2,1-2H3,(H,18,19). The highest BCUT2D eigenvalue weighted by Crippen LogP contribution is 2.16. The van der Waals surface area contributed by atoms with Gasteiger partial charge in [0.1, 0.15) is 0 Å². The first-order valence-corrected chi connectivity index (χ1v) is 6.80. The van der Waals surface area contributed by atoms with Crippen molar-refractivity contribution in [1.29, 1.82) is 0 Å². The van der Waals surface area contributed by atoms with E-state index >= 15 is 0 Å². The number of hydrogen-bond donors (Lipinski definition) is 1. The van der Waals surface area contributed by atoms with Crippen LogP contribution in [0.5, 0.6) is 0 Å². The molecule has 0 bridgehead atoms. The van der Waals surface area contributed by atoms with Crippen LogP contribution in [0.3, 0.4) is 0 Å². The van der Waals surface area contributed by atoms with Crippen molar-refractivity contribution in [2.45, 2.75) is 13.3 Å². The van der Waals surface area contributed by atoms with Crippen LogP contribution in [-0.2, 0) is 13.5 Å². The molecule has 3 rings (SSSR count). The number of fused-ring (bicyclic) bond motifs is 1. The highest BCUT2D eigenvalue weighted by Gasteiger charge is 2.04. The Bertz CT molecular complexity index is 725. The molecule has 0 radical (unpaired) electrons. The van der Waals surface area contributed by atoms with Gasteiger partial charge in [0.15, 0.2) is 0 Å². The zero-order valence-corrected chi connectivity index (χ0v) is 11.8. The van der Waals surface area contributed by atoms with Crippen LogP contribution < -0.4 is 5.32 Å². The molecule has 0 aliphatic carbocycles. The first-order chi connectivity index (χ1) is 9.74. The van der Waals surface area contributed by atoms with E-state index in [9.17, 15) is 0 Å². The highest BCUT2D eigenvalue weighted by atomic mass is 15.2. The maximum absolute atomic E-state index is 4.48. The minimum absolute atomic E-state index is 0.847. The lowest BCUT2D eigenvalue weighted by atomic mass is 10.1. The minimum atomic E-state index is 0.847. The molecule has 4 heteroatoms. The summed E-state index contributed by atoms with van der Waals surface area (Å²) in [5, 5.41) is 4.56. The van der Waals surface area contributed by atoms with E-state index in [0.29, 0.717) is 0 Å². The maximum Gasteiger partial charge on any atom is 0.202 e. The summed E-state index contributed by atoms with van der Waals surface area (Å²) in [5.74, 6) is 0.913. The molecule has 0 spiro atoms. The molecule has 0 aliphatic rings. The van der Waals surface area contributed by atoms with E-state index in [0.717, 1.165) is 30.1 Å². The molecule has 0 fully saturated rings. The Morgan fingerprint density at radius 3 is 2.85 bits per heavy atom. The number of para-hydroxylation sites is 1. The van der Waals surface area contributed by atoms with E-state index < -0.39 is 0 Å². The molecule has 1 N–H and O–H groups in total. The van der Waals surface area contributed by atoms with E-state index in [4.69, 9.17) is 0 Å². The first-order valence-electron chi connectivity index (χ1n) is 6.80. The lowest BCUT2D eigenvalue weighted by molar-refractivity contribution is 0.890. The molecule has 0 saturated carbocycles. The van der Waals surface area contributed by atoms with Crippen molar-refractivity contribution >= 4 is 16.9 Å². The van der Waals surface area contributed by atoms with Crippen LogP contribution in [0.1, 0.15) is 11.3 Å². The number of nitrogens with zero attached hydrogens (tertiary/aromatic N) is 3. The van der Waals surface area contributed by atoms with Gasteiger partial charge in [0.25, 0.3) is 0 Å². The summed E-state index contributed by atoms with van der Waals surface area (Å²) in [4.78, 5) is 8.92. The molecule has 4 nitrogen and oxygen atoms in total. The molecule has 1 aromatic carbocycles. The fourth-order valence-corrected chi connectivity index (χ4v) is 2.46. The number of imidazole rings is 1. The quantitative estimate of drug-likeness (QED) is 0.789. The van der Waals surface area contributed by atoms with Gasteiger partial charge in [0.2, 0.25) is 5.95 Å². The Morgan fingerprint density at radius 1 is 1.20 bits per heavy atom. The molecule has 0 unspecified atom stereocenters. The first kappa shape index (κ1) is 12.7. The smallest absolute Gasteiger partial charge is 0.202 e. The zero-order chi connectivity index (χ0) is 13.9. The lowest BCUT2D eigenvalue weighted by Gasteiger charge is -2.08. The topological polar surface area (TPSA) is 42.7 Å². The number of hydrogen-bond acceptors (Lipinski definition) is 3. The van der Waals surface area contributed by atoms with Gasteiger partial charge < -0.3 is 9.88 Å². The summed E-state index contributed by atoms with van der Waals surface area (Å²) in [7, 11) is 2.00. The molecule has 20 heavy (non-hydrogen) atoms. The molecule has 0 saturated heterocycles. The fourth-order valence-electron chi connectivity index (χ4n) is 2.46. The van der Waals surface area contributed by atoms with Crippen molar-refractivity contribution in [1.82, 2.24) is 14.5 Å². The average Bonchev–Trinajstić information content (AvgIpc) is 2.77. The monoisotopic (exact) mass is 266 g/mol. The van der Waals surface area contributed by atoms with Crippen LogP contribution in [0.15, 0.2) is 42.7 Å². The van der Waals surface area contributed by atoms with Crippen molar-refractivity contribution in [3.05, 3.63) is 54.0 Å². The number of aromatic nitrogens is 3. The Balaban J connectivity index is 1.73. The van der Waals surface area contributed by atoms with Crippen LogP contribution >= 0.6 is 0 Å². The highest BCUT2D eigenvalue weighted by molar-refractivity contribution is 5.81. The number of pyridine rings is 1. The SMILES string of the molecule is Cc1cn(C)c(NCCc2cccc3cccnc23)n1. The minimum Gasteiger partial charge on any atom is -0.355 e. The summed E-state index contributed by atoms with van der Waals surface area (Å²) in [5.41, 5.74) is 3.39. The van der Waals surface area contributed by atoms with Crippen molar-refractivity contribution in [2.24, 2.45) is 7.05 Å². The van der Waals surface area contributed by atoms with Gasteiger partial charge in [-0.3, -0.25) is 4.98 Å². The van der Waals surface area contributed by atoms with Crippen molar-refractivity contribution in [3.8, 4) is 0 Å². The third kappa shape index (κ3) is 2.50. The Morgan fingerprint density at radius 2 is 2.05 bits per heavy atom. The summed E-state index contributed by atoms with van der Waals surface area (Å²) in [6, 6.07) is 10.4. The predicted molar refractivity (Wildman–Crippen MR) is 81.9 cm³/mol. The van der Waals surface area contributed by atoms with Gasteiger partial charge in [-0.05, 0) is 25.0 Å². The largest absolute Gasteiger partial charge is 0.355 e. The van der Waals surface area contributed by atoms with Gasteiger partial charge in [-0.25, -0.2) is 4.98 Å². The van der Waals surface area contributed by atoms with Gasteiger partial charge in [-0.15, -0.1) is 0 Å². The van der Waals surface area contributed by atoms with Gasteiger partial charge >= 0.3 is 0 Å². The van der Waals surface area contributed by atoms with E-state index in [-0.39, 0.29) is 0 Å². The van der Waals surface area contributed by atoms with Crippen LogP contribution in [0, 0.1) is 6.92 Å². The summed E-state index contributed by atoms with van der Waals surface area (Å²) >= 11 is 0. The third-order valence-corrected chi connectivity index (χ3v) is 3.39. The third-order valence-electron chi connectivity index (χ3n) is 3.39. The van der Waals surface area contributed by atoms with Gasteiger partial charge in [0.05, 0.1) is 11.2 Å². The van der Waals surface area contributed by atoms with Gasteiger partial charge in [-0.2, -0.15) is 0 Å². The number of benzene rings is 1. The molecular weight excluding hydrogens is 248 g/mol. The number of rotatable bonds is 4. The molecule has 102 valence electrons. The Labute approximate surface area is 118 Å². The zero-order valence-electron chi connectivity index (χ0n) is 11.8. The van der Waals surface area contributed by atoms with Crippen LogP contribution in [0.2, 0.25) is 0 Å². The van der Waals surface area contributed by atoms with E-state index in [1.54, 1.807) is 0 Å². The van der Waals surface area contributed by atoms with E-state index in [1.807, 2.05) is 37.0 Å². The summed E-state index contributed by atoms with van der Waals surface area (Å²) < 4.78 is 2.01. The normalized spacial score (nSPS) is 10.9. The number of anilines is 1. The van der Waals surface area contributed by atoms with Crippen molar-refractivity contribution in [2.75, 3.05) is 11.9 Å². The Kier molecular flexibility index (Phi) is 3.37. The fraction of sp³-hybridized carbons (Fsp3) is 0.250. The molecule has 2 aromatic heterocycles. The molecular formula is C16H18N4. The average molecular weight is 266 g/mol. The second-order valence-corrected chi connectivity index (χ2v) is 4.99. The van der Waals surface area contributed by atoms with E-state index in [1.165, 1.54) is 10.9 Å². The maximum atomic E-state index is 4.48. The number of nitrogens with one attached hydrogen (secondary N) is 1. The summed E-state index contributed by atoms with van der Waals surface area (Å²) in [6.07, 6.45) is 4.80. The van der Waals surface area contributed by atoms with Gasteiger partial charge in [0, 0.05) is 31.4 Å². The molecule has 0 aliphatic heterocycles. The van der Waals surface area contributed by atoms with Crippen LogP contribution in [0.25, 0.3) is 10.9 Å². The Hall–Kier alpha value is -2.36. The predicted octanol–water partition coefficient (Wildman–Crippen LogP) is 2.93. The van der Waals surface area contributed by atoms with Crippen molar-refractivity contribution in [3.63, 3.8) is 0 Å². The van der Waals surface area contributed by atoms with Gasteiger partial charge in [-0.1, -0.05) is 24.3 Å². The summed E-state index contributed by atoms with van der Waals surface area (Å²) in [6.45, 7) is 2.85. The second kappa shape index (κ2) is 5.33. The molecule has 3 aromatic rings. The number of aryl methyl sites for hydroxylation is 2. The second-order valence-electron chi connectivity index (χ2n) is 4.99. The van der Waals surface area contributed by atoms with Crippen molar-refractivity contribution < 1.29 is 0 Å². The van der Waals surface area contributed by atoms with E-state index in [2.05, 4.69) is 39.6 Å². The lowest BCUT2D eigenvalue weighted by Crippen LogP contribution is -2.09. The van der Waals surface area contributed by atoms with Crippen LogP contribution in [0.4, 0.5) is 5.95 Å². The molecule has 2 heterocycles.